The molecule has 1 heterocycles. The molecule has 1 aromatic rings. The van der Waals surface area contributed by atoms with Gasteiger partial charge in [-0.25, -0.2) is 0 Å². The molecule has 0 fully saturated rings. The summed E-state index contributed by atoms with van der Waals surface area (Å²) in [4.78, 5) is 2.22. The fourth-order valence-electron chi connectivity index (χ4n) is 2.82. The number of hydrogen-bond donors (Lipinski definition) is 2. The van der Waals surface area contributed by atoms with E-state index in [0.717, 1.165) is 37.4 Å². The van der Waals surface area contributed by atoms with Gasteiger partial charge in [0.2, 0.25) is 5.88 Å². The monoisotopic (exact) mass is 323 g/mol. The van der Waals surface area contributed by atoms with Crippen molar-refractivity contribution in [3.8, 4) is 0 Å². The summed E-state index contributed by atoms with van der Waals surface area (Å²) in [5, 5.41) is 7.12. The Kier molecular flexibility index (Phi) is 5.46. The second-order valence-corrected chi connectivity index (χ2v) is 6.24. The lowest BCUT2D eigenvalue weighted by Crippen LogP contribution is -2.49. The molecule has 0 spiro atoms. The van der Waals surface area contributed by atoms with E-state index in [2.05, 4.69) is 53.6 Å². The molecule has 122 valence electrons. The molecule has 1 aliphatic heterocycles. The lowest BCUT2D eigenvalue weighted by Gasteiger charge is -2.38. The number of nitrogens with zero attached hydrogens (tertiary/aromatic N) is 1. The van der Waals surface area contributed by atoms with Crippen molar-refractivity contribution in [1.29, 1.82) is 0 Å². The van der Waals surface area contributed by atoms with Crippen LogP contribution >= 0.6 is 11.6 Å². The van der Waals surface area contributed by atoms with Crippen LogP contribution in [0.4, 0.5) is 5.69 Å². The zero-order chi connectivity index (χ0) is 16.2. The van der Waals surface area contributed by atoms with E-state index in [9.17, 15) is 0 Å². The number of halogens is 1. The Morgan fingerprint density at radius 1 is 1.32 bits per heavy atom. The maximum atomic E-state index is 6.34. The molecule has 1 unspecified atom stereocenters. The minimum Gasteiger partial charge on any atom is -0.480 e. The van der Waals surface area contributed by atoms with Gasteiger partial charge < -0.3 is 20.3 Å². The van der Waals surface area contributed by atoms with Crippen LogP contribution in [0.1, 0.15) is 38.7 Å². The first kappa shape index (κ1) is 16.8. The highest BCUT2D eigenvalue weighted by Gasteiger charge is 2.41. The summed E-state index contributed by atoms with van der Waals surface area (Å²) in [6.45, 7) is 5.14. The predicted molar refractivity (Wildman–Crippen MR) is 92.5 cm³/mol. The average molecular weight is 324 g/mol. The van der Waals surface area contributed by atoms with Crippen LogP contribution in [0.25, 0.3) is 0 Å². The van der Waals surface area contributed by atoms with Crippen molar-refractivity contribution in [1.82, 2.24) is 10.2 Å². The number of nitrogens with one attached hydrogen (secondary N) is 2. The third-order valence-electron chi connectivity index (χ3n) is 4.20. The highest BCUT2D eigenvalue weighted by molar-refractivity contribution is 6.29. The zero-order valence-corrected chi connectivity index (χ0v) is 14.6. The minimum absolute atomic E-state index is 0.208. The van der Waals surface area contributed by atoms with Crippen LogP contribution in [-0.2, 0) is 11.3 Å². The molecule has 0 aliphatic carbocycles. The van der Waals surface area contributed by atoms with Gasteiger partial charge in [-0.15, -0.1) is 0 Å². The van der Waals surface area contributed by atoms with Crippen LogP contribution in [0.5, 0.6) is 0 Å². The number of methoxy groups -OCH3 is 1. The smallest absolute Gasteiger partial charge is 0.227 e. The van der Waals surface area contributed by atoms with Crippen molar-refractivity contribution in [2.75, 3.05) is 19.5 Å². The fraction of sp³-hybridized carbons (Fsp3) is 0.529. The summed E-state index contributed by atoms with van der Waals surface area (Å²) in [7, 11) is 3.59. The van der Waals surface area contributed by atoms with Crippen LogP contribution in [0.2, 0.25) is 0 Å². The Morgan fingerprint density at radius 2 is 2.00 bits per heavy atom. The Labute approximate surface area is 138 Å². The molecule has 4 nitrogen and oxygen atoms in total. The van der Waals surface area contributed by atoms with Gasteiger partial charge in [-0.05, 0) is 37.5 Å². The molecule has 0 amide bonds. The van der Waals surface area contributed by atoms with Gasteiger partial charge in [0.15, 0.2) is 5.16 Å². The van der Waals surface area contributed by atoms with Crippen molar-refractivity contribution in [2.45, 2.75) is 45.3 Å². The van der Waals surface area contributed by atoms with Crippen molar-refractivity contribution < 1.29 is 4.74 Å². The summed E-state index contributed by atoms with van der Waals surface area (Å²) in [6.07, 6.45) is 3.31. The third-order valence-corrected chi connectivity index (χ3v) is 4.46. The molecule has 2 rings (SSSR count). The number of benzene rings is 1. The Balaban J connectivity index is 2.21. The van der Waals surface area contributed by atoms with Crippen LogP contribution < -0.4 is 10.6 Å². The number of hydrogen-bond acceptors (Lipinski definition) is 4. The van der Waals surface area contributed by atoms with Crippen molar-refractivity contribution in [3.63, 3.8) is 0 Å². The van der Waals surface area contributed by atoms with Crippen LogP contribution in [0.15, 0.2) is 35.3 Å². The quantitative estimate of drug-likeness (QED) is 0.742. The third kappa shape index (κ3) is 3.43. The van der Waals surface area contributed by atoms with E-state index in [4.69, 9.17) is 16.3 Å². The van der Waals surface area contributed by atoms with E-state index in [0.29, 0.717) is 5.16 Å². The largest absolute Gasteiger partial charge is 0.480 e. The topological polar surface area (TPSA) is 36.5 Å². The summed E-state index contributed by atoms with van der Waals surface area (Å²) < 4.78 is 5.53. The average Bonchev–Trinajstić information content (AvgIpc) is 2.76. The molecular weight excluding hydrogens is 298 g/mol. The van der Waals surface area contributed by atoms with E-state index >= 15 is 0 Å². The first-order chi connectivity index (χ1) is 10.5. The van der Waals surface area contributed by atoms with Gasteiger partial charge in [0, 0.05) is 19.3 Å². The van der Waals surface area contributed by atoms with E-state index in [1.807, 2.05) is 7.05 Å². The molecule has 1 atom stereocenters. The molecule has 0 bridgehead atoms. The minimum atomic E-state index is -0.208. The van der Waals surface area contributed by atoms with Gasteiger partial charge in [-0.2, -0.15) is 0 Å². The lowest BCUT2D eigenvalue weighted by molar-refractivity contribution is 0.0597. The van der Waals surface area contributed by atoms with Gasteiger partial charge in [-0.3, -0.25) is 0 Å². The maximum Gasteiger partial charge on any atom is 0.227 e. The van der Waals surface area contributed by atoms with Gasteiger partial charge in [0.25, 0.3) is 0 Å². The molecular formula is C17H26ClN3O. The Hall–Kier alpha value is -1.55. The molecule has 0 radical (unpaired) electrons. The highest BCUT2D eigenvalue weighted by Crippen LogP contribution is 2.35. The SMILES string of the molecule is CCCCC1(C)NC(Cl)=C(OC)N1Cc1ccc(NC)cc1. The molecule has 22 heavy (non-hydrogen) atoms. The standard InChI is InChI=1S/C17H26ClN3O/c1-5-6-11-17(2)20-15(18)16(22-4)21(17)12-13-7-9-14(19-3)10-8-13/h7-10,19-20H,5-6,11-12H2,1-4H3. The first-order valence-electron chi connectivity index (χ1n) is 7.80. The van der Waals surface area contributed by atoms with E-state index in [1.54, 1.807) is 7.11 Å². The van der Waals surface area contributed by atoms with Crippen LogP contribution in [0.3, 0.4) is 0 Å². The van der Waals surface area contributed by atoms with Crippen molar-refractivity contribution in [2.24, 2.45) is 0 Å². The summed E-state index contributed by atoms with van der Waals surface area (Å²) >= 11 is 6.34. The number of unbranched alkanes of at least 4 members (excludes halogenated alkanes) is 1. The fourth-order valence-corrected chi connectivity index (χ4v) is 3.21. The second-order valence-electron chi connectivity index (χ2n) is 5.86. The van der Waals surface area contributed by atoms with E-state index < -0.39 is 0 Å². The summed E-state index contributed by atoms with van der Waals surface area (Å²) in [6, 6.07) is 8.43. The number of rotatable bonds is 7. The first-order valence-corrected chi connectivity index (χ1v) is 8.18. The van der Waals surface area contributed by atoms with Crippen LogP contribution in [-0.4, -0.2) is 24.7 Å². The number of ether oxygens (including phenoxy) is 1. The molecule has 2 N–H and O–H groups in total. The lowest BCUT2D eigenvalue weighted by atomic mass is 10.0. The molecule has 1 aliphatic rings. The maximum absolute atomic E-state index is 6.34. The van der Waals surface area contributed by atoms with E-state index in [1.165, 1.54) is 5.56 Å². The van der Waals surface area contributed by atoms with Gasteiger partial charge in [0.1, 0.15) is 5.66 Å². The summed E-state index contributed by atoms with van der Waals surface area (Å²) in [5.41, 5.74) is 2.13. The molecule has 0 aromatic heterocycles. The molecule has 0 saturated carbocycles. The normalized spacial score (nSPS) is 21.0. The van der Waals surface area contributed by atoms with Gasteiger partial charge >= 0.3 is 0 Å². The van der Waals surface area contributed by atoms with Crippen LogP contribution in [0, 0.1) is 0 Å². The molecule has 0 saturated heterocycles. The van der Waals surface area contributed by atoms with Crippen molar-refractivity contribution in [3.05, 3.63) is 40.9 Å². The number of anilines is 1. The second kappa shape index (κ2) is 7.14. The predicted octanol–water partition coefficient (Wildman–Crippen LogP) is 4.05. The molecule has 5 heteroatoms. The summed E-state index contributed by atoms with van der Waals surface area (Å²) in [5.74, 6) is 0.720. The van der Waals surface area contributed by atoms with E-state index in [-0.39, 0.29) is 5.66 Å². The highest BCUT2D eigenvalue weighted by atomic mass is 35.5. The Bertz CT molecular complexity index is 529. The van der Waals surface area contributed by atoms with Gasteiger partial charge in [0.05, 0.1) is 7.11 Å². The zero-order valence-electron chi connectivity index (χ0n) is 13.9. The van der Waals surface area contributed by atoms with Gasteiger partial charge in [-0.1, -0.05) is 37.1 Å². The van der Waals surface area contributed by atoms with Crippen molar-refractivity contribution >= 4 is 17.3 Å². The Morgan fingerprint density at radius 3 is 2.55 bits per heavy atom. The molecule has 1 aromatic carbocycles.